The van der Waals surface area contributed by atoms with E-state index in [1.54, 1.807) is 0 Å². The van der Waals surface area contributed by atoms with Gasteiger partial charge in [-0.25, -0.2) is 0 Å². The molecule has 0 bridgehead atoms. The van der Waals surface area contributed by atoms with E-state index in [-0.39, 0.29) is 0 Å². The zero-order valence-electron chi connectivity index (χ0n) is 12.1. The molecule has 104 valence electrons. The minimum atomic E-state index is 0.616. The predicted octanol–water partition coefficient (Wildman–Crippen LogP) is 3.41. The summed E-state index contributed by atoms with van der Waals surface area (Å²) in [6, 6.07) is 15.3. The van der Waals surface area contributed by atoms with Crippen LogP contribution in [0.5, 0.6) is 0 Å². The number of nitrogens with zero attached hydrogens (tertiary/aromatic N) is 1. The molecule has 0 saturated heterocycles. The fourth-order valence-corrected chi connectivity index (χ4v) is 3.08. The first-order valence-corrected chi connectivity index (χ1v) is 7.39. The highest BCUT2D eigenvalue weighted by Crippen LogP contribution is 2.29. The Morgan fingerprint density at radius 3 is 2.70 bits per heavy atom. The summed E-state index contributed by atoms with van der Waals surface area (Å²) in [6.07, 6.45) is 2.44. The standard InChI is InChI=1S/C18H22N2/c1-14-8-9-18-15(11-14)7-4-10-20(18)13-17-6-3-2-5-16(17)12-19/h2-3,5-6,8-9,11H,4,7,10,12-13,19H2,1H3. The first kappa shape index (κ1) is 13.2. The van der Waals surface area contributed by atoms with Gasteiger partial charge in [-0.2, -0.15) is 0 Å². The molecule has 0 aromatic heterocycles. The third-order valence-corrected chi connectivity index (χ3v) is 4.15. The average Bonchev–Trinajstić information content (AvgIpc) is 2.47. The summed E-state index contributed by atoms with van der Waals surface area (Å²) in [5, 5.41) is 0. The summed E-state index contributed by atoms with van der Waals surface area (Å²) in [4.78, 5) is 2.49. The smallest absolute Gasteiger partial charge is 0.0432 e. The van der Waals surface area contributed by atoms with Crippen molar-refractivity contribution < 1.29 is 0 Å². The van der Waals surface area contributed by atoms with Gasteiger partial charge >= 0.3 is 0 Å². The molecule has 20 heavy (non-hydrogen) atoms. The molecule has 0 saturated carbocycles. The Morgan fingerprint density at radius 2 is 1.90 bits per heavy atom. The van der Waals surface area contributed by atoms with Crippen LogP contribution in [0.3, 0.4) is 0 Å². The molecule has 2 N–H and O–H groups in total. The third kappa shape index (κ3) is 2.56. The number of hydrogen-bond donors (Lipinski definition) is 1. The minimum Gasteiger partial charge on any atom is -0.367 e. The molecule has 0 amide bonds. The van der Waals surface area contributed by atoms with E-state index >= 15 is 0 Å². The maximum absolute atomic E-state index is 5.85. The lowest BCUT2D eigenvalue weighted by Crippen LogP contribution is -2.29. The molecule has 2 aromatic rings. The Morgan fingerprint density at radius 1 is 1.10 bits per heavy atom. The van der Waals surface area contributed by atoms with E-state index in [0.717, 1.165) is 13.1 Å². The highest BCUT2D eigenvalue weighted by atomic mass is 15.1. The fourth-order valence-electron chi connectivity index (χ4n) is 3.08. The Labute approximate surface area is 121 Å². The van der Waals surface area contributed by atoms with Gasteiger partial charge < -0.3 is 10.6 Å². The number of nitrogens with two attached hydrogens (primary N) is 1. The fraction of sp³-hybridized carbons (Fsp3) is 0.333. The van der Waals surface area contributed by atoms with Crippen LogP contribution < -0.4 is 10.6 Å². The molecule has 0 atom stereocenters. The van der Waals surface area contributed by atoms with E-state index in [9.17, 15) is 0 Å². The second-order valence-electron chi connectivity index (χ2n) is 5.63. The van der Waals surface area contributed by atoms with Gasteiger partial charge in [0.2, 0.25) is 0 Å². The maximum atomic E-state index is 5.85. The van der Waals surface area contributed by atoms with Crippen LogP contribution in [0.1, 0.15) is 28.7 Å². The van der Waals surface area contributed by atoms with Gasteiger partial charge in [-0.15, -0.1) is 0 Å². The quantitative estimate of drug-likeness (QED) is 0.922. The van der Waals surface area contributed by atoms with Crippen LogP contribution in [-0.4, -0.2) is 6.54 Å². The van der Waals surface area contributed by atoms with Crippen LogP contribution in [0, 0.1) is 6.92 Å². The molecular formula is C18H22N2. The Balaban J connectivity index is 1.89. The zero-order valence-corrected chi connectivity index (χ0v) is 12.1. The highest BCUT2D eigenvalue weighted by Gasteiger charge is 2.17. The summed E-state index contributed by atoms with van der Waals surface area (Å²) >= 11 is 0. The molecule has 1 aliphatic rings. The van der Waals surface area contributed by atoms with E-state index in [1.807, 2.05) is 0 Å². The van der Waals surface area contributed by atoms with Crippen molar-refractivity contribution in [1.82, 2.24) is 0 Å². The topological polar surface area (TPSA) is 29.3 Å². The maximum Gasteiger partial charge on any atom is 0.0432 e. The molecule has 3 rings (SSSR count). The van der Waals surface area contributed by atoms with Gasteiger partial charge in [-0.3, -0.25) is 0 Å². The van der Waals surface area contributed by atoms with Crippen LogP contribution in [0.2, 0.25) is 0 Å². The molecule has 0 aliphatic carbocycles. The Kier molecular flexibility index (Phi) is 3.75. The number of rotatable bonds is 3. The summed E-state index contributed by atoms with van der Waals surface area (Å²) in [5.41, 5.74) is 12.7. The number of aryl methyl sites for hydroxylation is 2. The van der Waals surface area contributed by atoms with Gasteiger partial charge in [0.15, 0.2) is 0 Å². The molecule has 0 spiro atoms. The predicted molar refractivity (Wildman–Crippen MR) is 84.9 cm³/mol. The lowest BCUT2D eigenvalue weighted by Gasteiger charge is -2.32. The zero-order chi connectivity index (χ0) is 13.9. The van der Waals surface area contributed by atoms with Crippen molar-refractivity contribution in [3.05, 3.63) is 64.7 Å². The first-order chi connectivity index (χ1) is 9.78. The first-order valence-electron chi connectivity index (χ1n) is 7.39. The van der Waals surface area contributed by atoms with Crippen molar-refractivity contribution in [3.63, 3.8) is 0 Å². The summed E-state index contributed by atoms with van der Waals surface area (Å²) < 4.78 is 0. The molecule has 0 radical (unpaired) electrons. The lowest BCUT2D eigenvalue weighted by molar-refractivity contribution is 0.688. The lowest BCUT2D eigenvalue weighted by atomic mass is 9.98. The number of fused-ring (bicyclic) bond motifs is 1. The van der Waals surface area contributed by atoms with Crippen molar-refractivity contribution >= 4 is 5.69 Å². The van der Waals surface area contributed by atoms with Crippen LogP contribution in [-0.2, 0) is 19.5 Å². The monoisotopic (exact) mass is 266 g/mol. The van der Waals surface area contributed by atoms with Gasteiger partial charge in [0.05, 0.1) is 0 Å². The number of anilines is 1. The molecule has 1 aliphatic heterocycles. The van der Waals surface area contributed by atoms with Crippen molar-refractivity contribution in [3.8, 4) is 0 Å². The molecular weight excluding hydrogens is 244 g/mol. The third-order valence-electron chi connectivity index (χ3n) is 4.15. The second kappa shape index (κ2) is 5.68. The van der Waals surface area contributed by atoms with Gasteiger partial charge in [0, 0.05) is 25.3 Å². The Bertz CT molecular complexity index is 604. The minimum absolute atomic E-state index is 0.616. The van der Waals surface area contributed by atoms with Crippen molar-refractivity contribution in [2.45, 2.75) is 32.9 Å². The molecule has 0 fully saturated rings. The van der Waals surface area contributed by atoms with Gasteiger partial charge in [0.25, 0.3) is 0 Å². The van der Waals surface area contributed by atoms with E-state index in [4.69, 9.17) is 5.73 Å². The van der Waals surface area contributed by atoms with E-state index < -0.39 is 0 Å². The van der Waals surface area contributed by atoms with Crippen molar-refractivity contribution in [2.24, 2.45) is 5.73 Å². The van der Waals surface area contributed by atoms with Crippen LogP contribution in [0.15, 0.2) is 42.5 Å². The normalized spacial score (nSPS) is 14.2. The molecule has 2 aromatic carbocycles. The van der Waals surface area contributed by atoms with E-state index in [2.05, 4.69) is 54.3 Å². The SMILES string of the molecule is Cc1ccc2c(c1)CCCN2Cc1ccccc1CN. The van der Waals surface area contributed by atoms with Crippen molar-refractivity contribution in [1.29, 1.82) is 0 Å². The molecule has 2 nitrogen and oxygen atoms in total. The Hall–Kier alpha value is -1.80. The summed E-state index contributed by atoms with van der Waals surface area (Å²) in [5.74, 6) is 0. The molecule has 0 unspecified atom stereocenters. The summed E-state index contributed by atoms with van der Waals surface area (Å²) in [6.45, 7) is 4.88. The van der Waals surface area contributed by atoms with Crippen molar-refractivity contribution in [2.75, 3.05) is 11.4 Å². The largest absolute Gasteiger partial charge is 0.367 e. The van der Waals surface area contributed by atoms with Crippen LogP contribution in [0.4, 0.5) is 5.69 Å². The highest BCUT2D eigenvalue weighted by molar-refractivity contribution is 5.57. The number of hydrogen-bond acceptors (Lipinski definition) is 2. The number of benzene rings is 2. The second-order valence-corrected chi connectivity index (χ2v) is 5.63. The van der Waals surface area contributed by atoms with Crippen LogP contribution in [0.25, 0.3) is 0 Å². The van der Waals surface area contributed by atoms with Gasteiger partial charge in [-0.05, 0) is 42.5 Å². The van der Waals surface area contributed by atoms with Crippen LogP contribution >= 0.6 is 0 Å². The average molecular weight is 266 g/mol. The molecule has 2 heteroatoms. The van der Waals surface area contributed by atoms with E-state index in [1.165, 1.54) is 40.8 Å². The van der Waals surface area contributed by atoms with Gasteiger partial charge in [-0.1, -0.05) is 42.0 Å². The van der Waals surface area contributed by atoms with E-state index in [0.29, 0.717) is 6.54 Å². The summed E-state index contributed by atoms with van der Waals surface area (Å²) in [7, 11) is 0. The molecule has 1 heterocycles. The van der Waals surface area contributed by atoms with Gasteiger partial charge in [0.1, 0.15) is 0 Å².